The number of ether oxygens (including phenoxy) is 1. The summed E-state index contributed by atoms with van der Waals surface area (Å²) in [6.07, 6.45) is -0.830. The van der Waals surface area contributed by atoms with E-state index >= 15 is 0 Å². The van der Waals surface area contributed by atoms with Crippen LogP contribution in [-0.2, 0) is 20.9 Å². The van der Waals surface area contributed by atoms with Crippen molar-refractivity contribution in [3.63, 3.8) is 0 Å². The standard InChI is InChI=1S/C24H26N2O5/c1-15(2)13-20(26-22(28)18-11-7-8-12-19(18)23(26)29)24(30)31-16(3)21(27)25-14-17-9-5-4-6-10-17/h4-12,15-16,20H,13-14H2,1-3H3,(H,25,27)/t16-,20-/m1/s1. The third-order valence-electron chi connectivity index (χ3n) is 5.08. The molecular weight excluding hydrogens is 396 g/mol. The fourth-order valence-electron chi connectivity index (χ4n) is 3.48. The lowest BCUT2D eigenvalue weighted by Gasteiger charge is -2.27. The van der Waals surface area contributed by atoms with Crippen molar-refractivity contribution in [1.82, 2.24) is 10.2 Å². The van der Waals surface area contributed by atoms with E-state index in [0.717, 1.165) is 10.5 Å². The summed E-state index contributed by atoms with van der Waals surface area (Å²) >= 11 is 0. The van der Waals surface area contributed by atoms with Crippen LogP contribution < -0.4 is 5.32 Å². The van der Waals surface area contributed by atoms with E-state index in [2.05, 4.69) is 5.32 Å². The third-order valence-corrected chi connectivity index (χ3v) is 5.08. The molecule has 3 rings (SSSR count). The smallest absolute Gasteiger partial charge is 0.330 e. The maximum atomic E-state index is 12.9. The van der Waals surface area contributed by atoms with Crippen molar-refractivity contribution in [2.45, 2.75) is 45.9 Å². The molecule has 0 radical (unpaired) electrons. The molecule has 31 heavy (non-hydrogen) atoms. The number of hydrogen-bond acceptors (Lipinski definition) is 5. The predicted molar refractivity (Wildman–Crippen MR) is 114 cm³/mol. The maximum Gasteiger partial charge on any atom is 0.330 e. The molecule has 0 spiro atoms. The van der Waals surface area contributed by atoms with Gasteiger partial charge in [0, 0.05) is 6.54 Å². The first-order valence-corrected chi connectivity index (χ1v) is 10.3. The molecule has 2 aromatic rings. The minimum Gasteiger partial charge on any atom is -0.451 e. The second-order valence-corrected chi connectivity index (χ2v) is 7.95. The van der Waals surface area contributed by atoms with Gasteiger partial charge in [-0.05, 0) is 37.0 Å². The fraction of sp³-hybridized carbons (Fsp3) is 0.333. The summed E-state index contributed by atoms with van der Waals surface area (Å²) in [4.78, 5) is 52.0. The Morgan fingerprint density at radius 2 is 1.45 bits per heavy atom. The van der Waals surface area contributed by atoms with Gasteiger partial charge in [0.2, 0.25) is 0 Å². The van der Waals surface area contributed by atoms with E-state index in [4.69, 9.17) is 4.74 Å². The number of rotatable bonds is 8. The van der Waals surface area contributed by atoms with Crippen LogP contribution >= 0.6 is 0 Å². The molecule has 0 aromatic heterocycles. The topological polar surface area (TPSA) is 92.8 Å². The molecule has 162 valence electrons. The summed E-state index contributed by atoms with van der Waals surface area (Å²) in [5.41, 5.74) is 1.45. The van der Waals surface area contributed by atoms with Crippen molar-refractivity contribution in [1.29, 1.82) is 0 Å². The third kappa shape index (κ3) is 4.99. The number of benzene rings is 2. The summed E-state index contributed by atoms with van der Waals surface area (Å²) in [6.45, 7) is 5.53. The van der Waals surface area contributed by atoms with Crippen molar-refractivity contribution in [3.8, 4) is 0 Å². The van der Waals surface area contributed by atoms with Crippen LogP contribution in [0.3, 0.4) is 0 Å². The van der Waals surface area contributed by atoms with Gasteiger partial charge < -0.3 is 10.1 Å². The van der Waals surface area contributed by atoms with Gasteiger partial charge in [-0.15, -0.1) is 0 Å². The lowest BCUT2D eigenvalue weighted by atomic mass is 10.0. The van der Waals surface area contributed by atoms with Gasteiger partial charge >= 0.3 is 5.97 Å². The molecular formula is C24H26N2O5. The highest BCUT2D eigenvalue weighted by Crippen LogP contribution is 2.27. The number of amides is 3. The molecule has 0 unspecified atom stereocenters. The first-order valence-electron chi connectivity index (χ1n) is 10.3. The van der Waals surface area contributed by atoms with Crippen molar-refractivity contribution in [2.75, 3.05) is 0 Å². The van der Waals surface area contributed by atoms with Gasteiger partial charge in [-0.3, -0.25) is 19.3 Å². The summed E-state index contributed by atoms with van der Waals surface area (Å²) in [6, 6.07) is 14.7. The quantitative estimate of drug-likeness (QED) is 0.522. The van der Waals surface area contributed by atoms with E-state index in [0.29, 0.717) is 6.54 Å². The summed E-state index contributed by atoms with van der Waals surface area (Å²) in [5.74, 6) is -2.26. The Hall–Kier alpha value is -3.48. The Labute approximate surface area is 181 Å². The second kappa shape index (κ2) is 9.55. The van der Waals surface area contributed by atoms with Gasteiger partial charge in [-0.25, -0.2) is 4.79 Å². The Bertz CT molecular complexity index is 951. The molecule has 0 bridgehead atoms. The number of carbonyl (C=O) groups is 4. The zero-order chi connectivity index (χ0) is 22.5. The van der Waals surface area contributed by atoms with Crippen LogP contribution in [0.1, 0.15) is 53.5 Å². The average molecular weight is 422 g/mol. The molecule has 7 nitrogen and oxygen atoms in total. The fourth-order valence-corrected chi connectivity index (χ4v) is 3.48. The number of carbonyl (C=O) groups excluding carboxylic acids is 4. The van der Waals surface area contributed by atoms with E-state index in [1.54, 1.807) is 24.3 Å². The Morgan fingerprint density at radius 1 is 0.903 bits per heavy atom. The molecule has 0 saturated carbocycles. The normalized spacial score (nSPS) is 14.9. The zero-order valence-electron chi connectivity index (χ0n) is 17.8. The van der Waals surface area contributed by atoms with Gasteiger partial charge in [0.25, 0.3) is 17.7 Å². The van der Waals surface area contributed by atoms with Gasteiger partial charge in [0.05, 0.1) is 11.1 Å². The van der Waals surface area contributed by atoms with E-state index in [-0.39, 0.29) is 23.5 Å². The summed E-state index contributed by atoms with van der Waals surface area (Å²) in [5, 5.41) is 2.72. The van der Waals surface area contributed by atoms with Crippen molar-refractivity contribution < 1.29 is 23.9 Å². The van der Waals surface area contributed by atoms with Crippen LogP contribution in [0.2, 0.25) is 0 Å². The zero-order valence-corrected chi connectivity index (χ0v) is 17.8. The van der Waals surface area contributed by atoms with Crippen molar-refractivity contribution in [3.05, 3.63) is 71.3 Å². The van der Waals surface area contributed by atoms with Crippen LogP contribution in [0.5, 0.6) is 0 Å². The Balaban J connectivity index is 1.69. The highest BCUT2D eigenvalue weighted by atomic mass is 16.5. The second-order valence-electron chi connectivity index (χ2n) is 7.95. The SMILES string of the molecule is CC(C)C[C@H](C(=O)O[C@H](C)C(=O)NCc1ccccc1)N1C(=O)c2ccccc2C1=O. The van der Waals surface area contributed by atoms with Crippen LogP contribution in [0.25, 0.3) is 0 Å². The Kier molecular flexibility index (Phi) is 6.84. The molecule has 0 fully saturated rings. The highest BCUT2D eigenvalue weighted by molar-refractivity contribution is 6.22. The molecule has 0 saturated heterocycles. The first kappa shape index (κ1) is 22.2. The lowest BCUT2D eigenvalue weighted by molar-refractivity contribution is -0.159. The summed E-state index contributed by atoms with van der Waals surface area (Å²) in [7, 11) is 0. The largest absolute Gasteiger partial charge is 0.451 e. The number of imide groups is 1. The summed E-state index contributed by atoms with van der Waals surface area (Å²) < 4.78 is 5.37. The molecule has 2 atom stereocenters. The number of nitrogens with zero attached hydrogens (tertiary/aromatic N) is 1. The van der Waals surface area contributed by atoms with Crippen molar-refractivity contribution >= 4 is 23.7 Å². The van der Waals surface area contributed by atoms with Gasteiger partial charge in [-0.2, -0.15) is 0 Å². The minimum atomic E-state index is -1.10. The van der Waals surface area contributed by atoms with Crippen molar-refractivity contribution in [2.24, 2.45) is 5.92 Å². The monoisotopic (exact) mass is 422 g/mol. The molecule has 0 aliphatic carbocycles. The molecule has 1 N–H and O–H groups in total. The van der Waals surface area contributed by atoms with E-state index < -0.39 is 35.8 Å². The average Bonchev–Trinajstić information content (AvgIpc) is 3.01. The van der Waals surface area contributed by atoms with Gasteiger partial charge in [0.1, 0.15) is 6.04 Å². The van der Waals surface area contributed by atoms with E-state index in [9.17, 15) is 19.2 Å². The number of hydrogen-bond donors (Lipinski definition) is 1. The number of fused-ring (bicyclic) bond motifs is 1. The number of nitrogens with one attached hydrogen (secondary N) is 1. The number of esters is 1. The first-order chi connectivity index (χ1) is 14.8. The molecule has 3 amide bonds. The maximum absolute atomic E-state index is 12.9. The molecule has 7 heteroatoms. The highest BCUT2D eigenvalue weighted by Gasteiger charge is 2.44. The molecule has 2 aromatic carbocycles. The van der Waals surface area contributed by atoms with Gasteiger partial charge in [-0.1, -0.05) is 56.3 Å². The van der Waals surface area contributed by atoms with Gasteiger partial charge in [0.15, 0.2) is 6.10 Å². The Morgan fingerprint density at radius 3 is 2.00 bits per heavy atom. The van der Waals surface area contributed by atoms with Crippen LogP contribution in [0.4, 0.5) is 0 Å². The molecule has 1 heterocycles. The lowest BCUT2D eigenvalue weighted by Crippen LogP contribution is -2.48. The minimum absolute atomic E-state index is 0.0177. The molecule has 1 aliphatic heterocycles. The van der Waals surface area contributed by atoms with Crippen LogP contribution in [-0.4, -0.2) is 40.7 Å². The molecule has 1 aliphatic rings. The van der Waals surface area contributed by atoms with Crippen LogP contribution in [0.15, 0.2) is 54.6 Å². The van der Waals surface area contributed by atoms with E-state index in [1.807, 2.05) is 44.2 Å². The predicted octanol–water partition coefficient (Wildman–Crippen LogP) is 2.95. The van der Waals surface area contributed by atoms with Crippen LogP contribution in [0, 0.1) is 5.92 Å². The van der Waals surface area contributed by atoms with E-state index in [1.165, 1.54) is 6.92 Å².